The fraction of sp³-hybridized carbons (Fsp3) is 0.444. The van der Waals surface area contributed by atoms with Gasteiger partial charge in [0, 0.05) is 16.6 Å². The Morgan fingerprint density at radius 1 is 1.05 bits per heavy atom. The third-order valence-electron chi connectivity index (χ3n) is 4.01. The Morgan fingerprint density at radius 2 is 1.73 bits per heavy atom. The minimum absolute atomic E-state index is 0.440. The van der Waals surface area contributed by atoms with Gasteiger partial charge in [0.25, 0.3) is 0 Å². The number of benzene rings is 1. The van der Waals surface area contributed by atoms with Gasteiger partial charge in [-0.3, -0.25) is 0 Å². The molecule has 3 nitrogen and oxygen atoms in total. The third-order valence-corrected chi connectivity index (χ3v) is 4.25. The smallest absolute Gasteiger partial charge is 0.148 e. The van der Waals surface area contributed by atoms with E-state index in [1.54, 1.807) is 0 Å². The number of aromatic nitrogens is 2. The second kappa shape index (κ2) is 7.10. The normalized spacial score (nSPS) is 11.0. The van der Waals surface area contributed by atoms with Gasteiger partial charge in [-0.15, -0.1) is 0 Å². The standard InChI is InChI=1S/C18H24ClN3/c1-6-15(7-2)22-18-13(5)20-17(12(4)21-18)16-9-8-14(19)10-11(16)3/h8-10,15H,6-7H2,1-5H3,(H,21,22). The highest BCUT2D eigenvalue weighted by Crippen LogP contribution is 2.28. The maximum atomic E-state index is 6.04. The summed E-state index contributed by atoms with van der Waals surface area (Å²) in [7, 11) is 0. The topological polar surface area (TPSA) is 37.8 Å². The predicted octanol–water partition coefficient (Wildman–Crippen LogP) is 5.32. The number of nitrogens with one attached hydrogen (secondary N) is 1. The van der Waals surface area contributed by atoms with E-state index >= 15 is 0 Å². The fourth-order valence-electron chi connectivity index (χ4n) is 2.57. The molecule has 0 saturated heterocycles. The van der Waals surface area contributed by atoms with E-state index in [0.29, 0.717) is 6.04 Å². The molecule has 0 aliphatic rings. The second-order valence-electron chi connectivity index (χ2n) is 5.71. The summed E-state index contributed by atoms with van der Waals surface area (Å²) in [6.07, 6.45) is 2.16. The fourth-order valence-corrected chi connectivity index (χ4v) is 2.80. The summed E-state index contributed by atoms with van der Waals surface area (Å²) in [4.78, 5) is 9.53. The molecular formula is C18H24ClN3. The van der Waals surface area contributed by atoms with Crippen molar-refractivity contribution >= 4 is 17.4 Å². The molecule has 0 saturated carbocycles. The molecule has 4 heteroatoms. The zero-order valence-corrected chi connectivity index (χ0v) is 14.8. The highest BCUT2D eigenvalue weighted by Gasteiger charge is 2.14. The van der Waals surface area contributed by atoms with Gasteiger partial charge in [-0.2, -0.15) is 0 Å². The highest BCUT2D eigenvalue weighted by molar-refractivity contribution is 6.30. The minimum atomic E-state index is 0.440. The van der Waals surface area contributed by atoms with Crippen LogP contribution in [0.25, 0.3) is 11.3 Å². The van der Waals surface area contributed by atoms with Gasteiger partial charge in [0.2, 0.25) is 0 Å². The number of halogens is 1. The molecule has 1 heterocycles. The predicted molar refractivity (Wildman–Crippen MR) is 94.7 cm³/mol. The lowest BCUT2D eigenvalue weighted by Gasteiger charge is -2.18. The molecule has 1 aromatic carbocycles. The summed E-state index contributed by atoms with van der Waals surface area (Å²) < 4.78 is 0. The van der Waals surface area contributed by atoms with Crippen LogP contribution in [0.5, 0.6) is 0 Å². The molecule has 0 amide bonds. The van der Waals surface area contributed by atoms with Crippen LogP contribution in [0.1, 0.15) is 43.6 Å². The summed E-state index contributed by atoms with van der Waals surface area (Å²) in [6, 6.07) is 6.32. The molecule has 2 rings (SSSR count). The first-order valence-corrected chi connectivity index (χ1v) is 8.22. The van der Waals surface area contributed by atoms with E-state index in [1.807, 2.05) is 39.0 Å². The monoisotopic (exact) mass is 317 g/mol. The maximum absolute atomic E-state index is 6.04. The zero-order chi connectivity index (χ0) is 16.3. The van der Waals surface area contributed by atoms with Crippen molar-refractivity contribution in [3.63, 3.8) is 0 Å². The Morgan fingerprint density at radius 3 is 2.32 bits per heavy atom. The lowest BCUT2D eigenvalue weighted by atomic mass is 10.0. The van der Waals surface area contributed by atoms with E-state index < -0.39 is 0 Å². The van der Waals surface area contributed by atoms with Gasteiger partial charge in [-0.1, -0.05) is 31.5 Å². The Labute approximate surface area is 138 Å². The van der Waals surface area contributed by atoms with Crippen molar-refractivity contribution in [1.82, 2.24) is 9.97 Å². The van der Waals surface area contributed by atoms with Crippen LogP contribution in [0.3, 0.4) is 0 Å². The molecule has 0 atom stereocenters. The Bertz CT molecular complexity index is 664. The first kappa shape index (κ1) is 16.8. The van der Waals surface area contributed by atoms with Gasteiger partial charge in [-0.05, 0) is 51.3 Å². The number of anilines is 1. The Kier molecular flexibility index (Phi) is 5.41. The van der Waals surface area contributed by atoms with Gasteiger partial charge < -0.3 is 5.32 Å². The summed E-state index contributed by atoms with van der Waals surface area (Å²) in [6.45, 7) is 10.4. The molecule has 1 N–H and O–H groups in total. The summed E-state index contributed by atoms with van der Waals surface area (Å²) in [5, 5.41) is 4.24. The number of hydrogen-bond acceptors (Lipinski definition) is 3. The van der Waals surface area contributed by atoms with Crippen LogP contribution in [0, 0.1) is 20.8 Å². The van der Waals surface area contributed by atoms with Crippen molar-refractivity contribution in [2.45, 2.75) is 53.5 Å². The molecule has 22 heavy (non-hydrogen) atoms. The van der Waals surface area contributed by atoms with E-state index in [9.17, 15) is 0 Å². The van der Waals surface area contributed by atoms with Gasteiger partial charge >= 0.3 is 0 Å². The molecule has 0 aliphatic heterocycles. The zero-order valence-electron chi connectivity index (χ0n) is 14.0. The average Bonchev–Trinajstić information content (AvgIpc) is 2.48. The summed E-state index contributed by atoms with van der Waals surface area (Å²) >= 11 is 6.04. The molecule has 0 bridgehead atoms. The first-order chi connectivity index (χ1) is 10.5. The molecule has 0 fully saturated rings. The van der Waals surface area contributed by atoms with E-state index in [2.05, 4.69) is 19.2 Å². The van der Waals surface area contributed by atoms with E-state index in [1.165, 1.54) is 0 Å². The molecule has 1 aromatic heterocycles. The summed E-state index contributed by atoms with van der Waals surface area (Å²) in [5.41, 5.74) is 5.00. The third kappa shape index (κ3) is 3.58. The van der Waals surface area contributed by atoms with E-state index in [0.717, 1.165) is 51.9 Å². The van der Waals surface area contributed by atoms with Gasteiger partial charge in [0.1, 0.15) is 5.82 Å². The van der Waals surface area contributed by atoms with Crippen molar-refractivity contribution in [1.29, 1.82) is 0 Å². The number of aryl methyl sites for hydroxylation is 3. The lowest BCUT2D eigenvalue weighted by Crippen LogP contribution is -2.19. The van der Waals surface area contributed by atoms with Gasteiger partial charge in [-0.25, -0.2) is 9.97 Å². The van der Waals surface area contributed by atoms with Crippen molar-refractivity contribution in [3.8, 4) is 11.3 Å². The summed E-state index contributed by atoms with van der Waals surface area (Å²) in [5.74, 6) is 0.890. The number of rotatable bonds is 5. The van der Waals surface area contributed by atoms with Crippen molar-refractivity contribution in [2.24, 2.45) is 0 Å². The quantitative estimate of drug-likeness (QED) is 0.810. The van der Waals surface area contributed by atoms with Crippen LogP contribution in [-0.2, 0) is 0 Å². The van der Waals surface area contributed by atoms with Gasteiger partial charge in [0.15, 0.2) is 0 Å². The molecule has 2 aromatic rings. The maximum Gasteiger partial charge on any atom is 0.148 e. The van der Waals surface area contributed by atoms with E-state index in [-0.39, 0.29) is 0 Å². The Hall–Kier alpha value is -1.61. The van der Waals surface area contributed by atoms with Crippen molar-refractivity contribution in [2.75, 3.05) is 5.32 Å². The number of hydrogen-bond donors (Lipinski definition) is 1. The largest absolute Gasteiger partial charge is 0.366 e. The van der Waals surface area contributed by atoms with Crippen LogP contribution < -0.4 is 5.32 Å². The number of nitrogens with zero attached hydrogens (tertiary/aromatic N) is 2. The van der Waals surface area contributed by atoms with Crippen LogP contribution in [0.4, 0.5) is 5.82 Å². The van der Waals surface area contributed by atoms with E-state index in [4.69, 9.17) is 21.6 Å². The molecule has 118 valence electrons. The average molecular weight is 318 g/mol. The van der Waals surface area contributed by atoms with Crippen LogP contribution >= 0.6 is 11.6 Å². The van der Waals surface area contributed by atoms with Gasteiger partial charge in [0.05, 0.1) is 17.1 Å². The first-order valence-electron chi connectivity index (χ1n) is 7.84. The molecule has 0 spiro atoms. The molecule has 0 aliphatic carbocycles. The molecule has 0 radical (unpaired) electrons. The van der Waals surface area contributed by atoms with Crippen LogP contribution in [0.15, 0.2) is 18.2 Å². The molecule has 0 unspecified atom stereocenters. The van der Waals surface area contributed by atoms with Crippen LogP contribution in [0.2, 0.25) is 5.02 Å². The second-order valence-corrected chi connectivity index (χ2v) is 6.15. The van der Waals surface area contributed by atoms with Crippen LogP contribution in [-0.4, -0.2) is 16.0 Å². The Balaban J connectivity index is 2.41. The highest BCUT2D eigenvalue weighted by atomic mass is 35.5. The minimum Gasteiger partial charge on any atom is -0.366 e. The van der Waals surface area contributed by atoms with Crippen molar-refractivity contribution in [3.05, 3.63) is 40.2 Å². The molecular weight excluding hydrogens is 294 g/mol. The SMILES string of the molecule is CCC(CC)Nc1nc(C)c(-c2ccc(Cl)cc2C)nc1C. The lowest BCUT2D eigenvalue weighted by molar-refractivity contribution is 0.666. The van der Waals surface area contributed by atoms with Crippen molar-refractivity contribution < 1.29 is 0 Å².